The molecule has 9 heterocycles. The zero-order chi connectivity index (χ0) is 108. The van der Waals surface area contributed by atoms with Crippen molar-refractivity contribution in [2.45, 2.75) is 153 Å². The van der Waals surface area contributed by atoms with Crippen molar-refractivity contribution in [3.8, 4) is 45.0 Å². The topological polar surface area (TPSA) is 495 Å². The Balaban J connectivity index is 0.000000157. The van der Waals surface area contributed by atoms with E-state index in [-0.39, 0.29) is 212 Å². The summed E-state index contributed by atoms with van der Waals surface area (Å²) >= 11 is 0. The molecule has 8 amide bonds. The van der Waals surface area contributed by atoms with Gasteiger partial charge in [-0.2, -0.15) is 20.4 Å². The van der Waals surface area contributed by atoms with Gasteiger partial charge in [-0.25, -0.2) is 75.8 Å². The number of nitrogen functional groups attached to an aromatic ring is 4. The fourth-order valence-electron chi connectivity index (χ4n) is 18.1. The Labute approximate surface area is 845 Å². The number of alkyl halides is 8. The minimum Gasteiger partial charge on any atom is -0.383 e. The number of amides is 8. The molecule has 46 heteroatoms. The first-order valence-electron chi connectivity index (χ1n) is 47.3. The SMILES string of the molecule is Cc1ccc(F)cc1C(=O)NCc1ccc(-c2nn(C3CN(C(C)C)CCC3(F)F)c(N)c2C(N)=O)cc1.Cc1ccc(F)cc1C(=O)NCc1ccc(-c2nn(C3CN(C)CCC3(F)F)c(N)c2C(N)=O)cc1.Cc1ccc(F)cc1C(=O)NCc1ccc(-c2nn(C3CN(C4COC4)CCC3(F)F)c(N)c2C(N)=O)cc1.Cc1ccc(F)cc1C(=O)NCc1ccc(-c2nn(C3CNCCC3(F)F)c(N)c2C(N)=O)cc1F. The minimum absolute atomic E-state index is 0.00791. The Kier molecular flexibility index (Phi) is 33.0. The van der Waals surface area contributed by atoms with Crippen molar-refractivity contribution in [1.82, 2.24) is 80.4 Å². The van der Waals surface area contributed by atoms with E-state index in [2.05, 4.69) is 47.0 Å². The second kappa shape index (κ2) is 45.0. The van der Waals surface area contributed by atoms with E-state index in [1.54, 1.807) is 112 Å². The van der Waals surface area contributed by atoms with Crippen molar-refractivity contribution < 1.29 is 100 Å². The van der Waals surface area contributed by atoms with Gasteiger partial charge in [0.05, 0.1) is 19.3 Å². The Morgan fingerprint density at radius 2 is 0.698 bits per heavy atom. The number of aryl methyl sites for hydroxylation is 4. The highest BCUT2D eigenvalue weighted by molar-refractivity contribution is 6.06. The third-order valence-corrected chi connectivity index (χ3v) is 26.9. The van der Waals surface area contributed by atoms with E-state index in [0.717, 1.165) is 42.0 Å². The number of halogens is 13. The Morgan fingerprint density at radius 1 is 0.389 bits per heavy atom. The highest BCUT2D eigenvalue weighted by Crippen LogP contribution is 2.46. The normalized spacial score (nSPS) is 17.9. The van der Waals surface area contributed by atoms with Crippen molar-refractivity contribution in [3.05, 3.63) is 282 Å². The average molecular weight is 2080 g/mol. The van der Waals surface area contributed by atoms with Gasteiger partial charge in [-0.1, -0.05) is 109 Å². The Morgan fingerprint density at radius 3 is 1.03 bits per heavy atom. The van der Waals surface area contributed by atoms with Crippen LogP contribution in [-0.2, 0) is 30.9 Å². The molecule has 17 rings (SSSR count). The lowest BCUT2D eigenvalue weighted by molar-refractivity contribution is -0.139. The molecule has 4 unspecified atom stereocenters. The second-order valence-corrected chi connectivity index (χ2v) is 37.5. The molecule has 4 aromatic heterocycles. The molecule has 21 N–H and O–H groups in total. The standard InChI is InChI=1S/C27H29F3N6O3.C27H31F3N6O2.C25H27F3N6O2.C24H24F4N6O2/c1-15-2-7-18(28)10-20(15)26(38)33-11-16-3-5-17(6-4-16)23-22(25(32)37)24(31)36(34-23)21-12-35(19-13-39-14-19)9-8-27(21,29)30;1-15(2)35-11-10-27(29,30)21(14-35)36-24(31)22(25(32)37)23(34-36)18-7-5-17(6-8-18)13-33-26(38)20-12-19(28)9-4-16(20)3;1-14-3-8-17(26)11-18(14)24(36)31-12-15-4-6-16(7-5-15)21-20(23(30)35)22(29)34(32-21)19-13-33(2)10-9-25(19,27)28;1-12-2-5-15(25)9-16(12)23(36)32-10-14-4-3-13(8-17(14)26)20-19(22(30)35)21(29)34(33-20)18-11-31-7-6-24(18,27)28/h2-7,10,19,21H,8-9,11-14,31H2,1H3,(H2,32,37)(H,33,38);4-9,12,15,21H,10-11,13-14,31H2,1-3H3,(H2,32,37)(H,33,38);3-8,11,19H,9-10,12-13,29H2,1-2H3,(H2,30,35)(H,31,36);2-5,8-9,18,31H,6-7,10-11,29H2,1H3,(H2,30,35)(H,32,36). The lowest BCUT2D eigenvalue weighted by Gasteiger charge is -2.44. The Hall–Kier alpha value is -15.6. The molecule has 8 aromatic carbocycles. The maximum atomic E-state index is 15.1. The molecule has 788 valence electrons. The predicted octanol–water partition coefficient (Wildman–Crippen LogP) is 12.8. The molecule has 5 fully saturated rings. The molecule has 0 radical (unpaired) electrons. The van der Waals surface area contributed by atoms with Crippen molar-refractivity contribution in [1.29, 1.82) is 0 Å². The second-order valence-electron chi connectivity index (χ2n) is 37.5. The van der Waals surface area contributed by atoms with Crippen LogP contribution in [0.4, 0.5) is 80.3 Å². The summed E-state index contributed by atoms with van der Waals surface area (Å²) in [6.45, 7) is 12.6. The molecule has 12 aromatic rings. The number of nitrogens with zero attached hydrogens (tertiary/aromatic N) is 11. The molecule has 4 atom stereocenters. The molecular formula is C103H111F13N24O9. The molecular weight excluding hydrogens is 1960 g/mol. The molecule has 5 aliphatic heterocycles. The quantitative estimate of drug-likeness (QED) is 0.0224. The fourth-order valence-corrected chi connectivity index (χ4v) is 18.1. The molecule has 0 saturated carbocycles. The van der Waals surface area contributed by atoms with Crippen LogP contribution in [0.2, 0.25) is 0 Å². The number of benzene rings is 8. The zero-order valence-electron chi connectivity index (χ0n) is 81.9. The van der Waals surface area contributed by atoms with Crippen molar-refractivity contribution >= 4 is 70.5 Å². The third kappa shape index (κ3) is 24.5. The number of carbonyl (C=O) groups excluding carboxylic acids is 8. The van der Waals surface area contributed by atoms with Crippen LogP contribution in [0.25, 0.3) is 45.0 Å². The zero-order valence-corrected chi connectivity index (χ0v) is 81.9. The van der Waals surface area contributed by atoms with Crippen LogP contribution in [0, 0.1) is 56.8 Å². The smallest absolute Gasteiger partial charge is 0.272 e. The van der Waals surface area contributed by atoms with Crippen LogP contribution < -0.4 is 72.5 Å². The number of nitrogens with one attached hydrogen (secondary N) is 5. The summed E-state index contributed by atoms with van der Waals surface area (Å²) in [7, 11) is 1.73. The van der Waals surface area contributed by atoms with Gasteiger partial charge in [0.2, 0.25) is 0 Å². The lowest BCUT2D eigenvalue weighted by atomic mass is 9.98. The van der Waals surface area contributed by atoms with Crippen molar-refractivity contribution in [3.63, 3.8) is 0 Å². The minimum atomic E-state index is -3.13. The summed E-state index contributed by atoms with van der Waals surface area (Å²) in [6, 6.07) is 34.2. The number of piperidine rings is 4. The first-order chi connectivity index (χ1) is 70.4. The third-order valence-electron chi connectivity index (χ3n) is 26.9. The van der Waals surface area contributed by atoms with Crippen molar-refractivity contribution in [2.75, 3.05) is 95.6 Å². The number of ether oxygens (including phenoxy) is 1. The molecule has 5 saturated heterocycles. The van der Waals surface area contributed by atoms with E-state index in [1.165, 1.54) is 78.9 Å². The fraction of sp³-hybridized carbons (Fsp3) is 0.340. The monoisotopic (exact) mass is 2070 g/mol. The lowest BCUT2D eigenvalue weighted by Crippen LogP contribution is -2.57. The van der Waals surface area contributed by atoms with E-state index >= 15 is 8.78 Å². The highest BCUT2D eigenvalue weighted by atomic mass is 19.3. The largest absolute Gasteiger partial charge is 0.383 e. The number of rotatable bonds is 26. The number of likely N-dealkylation sites (tertiary alicyclic amines) is 3. The number of anilines is 4. The molecule has 149 heavy (non-hydrogen) atoms. The first-order valence-corrected chi connectivity index (χ1v) is 47.3. The first kappa shape index (κ1) is 109. The van der Waals surface area contributed by atoms with Gasteiger partial charge < -0.3 is 82.1 Å². The molecule has 0 bridgehead atoms. The van der Waals surface area contributed by atoms with Gasteiger partial charge in [-0.15, -0.1) is 0 Å². The number of hydrogen-bond acceptors (Lipinski definition) is 21. The van der Waals surface area contributed by atoms with Crippen LogP contribution >= 0.6 is 0 Å². The molecule has 33 nitrogen and oxygen atoms in total. The van der Waals surface area contributed by atoms with Gasteiger partial charge in [0, 0.05) is 160 Å². The van der Waals surface area contributed by atoms with Crippen LogP contribution in [0.5, 0.6) is 0 Å². The van der Waals surface area contributed by atoms with Gasteiger partial charge in [0.1, 0.15) is 122 Å². The summed E-state index contributed by atoms with van der Waals surface area (Å²) in [5, 5.41) is 30.7. The molecule has 5 aliphatic rings. The number of likely N-dealkylation sites (N-methyl/N-ethyl adjacent to an activating group) is 1. The summed E-state index contributed by atoms with van der Waals surface area (Å²) in [6.07, 6.45) is -1.52. The van der Waals surface area contributed by atoms with Gasteiger partial charge in [0.25, 0.3) is 70.9 Å². The molecule has 0 aliphatic carbocycles. The number of aromatic nitrogens is 8. The number of primary amides is 4. The van der Waals surface area contributed by atoms with E-state index in [0.29, 0.717) is 57.7 Å². The van der Waals surface area contributed by atoms with E-state index < -0.39 is 131 Å². The number of carbonyl (C=O) groups is 8. The van der Waals surface area contributed by atoms with Gasteiger partial charge in [-0.05, 0) is 142 Å². The van der Waals surface area contributed by atoms with Crippen molar-refractivity contribution in [2.24, 2.45) is 22.9 Å². The summed E-state index contributed by atoms with van der Waals surface area (Å²) < 4.78 is 197. The van der Waals surface area contributed by atoms with Crippen LogP contribution in [0.1, 0.15) is 191 Å². The maximum Gasteiger partial charge on any atom is 0.272 e. The number of hydrogen-bond donors (Lipinski definition) is 13. The van der Waals surface area contributed by atoms with Crippen LogP contribution in [-0.4, -0.2) is 209 Å². The van der Waals surface area contributed by atoms with E-state index in [1.807, 2.05) is 23.6 Å². The summed E-state index contributed by atoms with van der Waals surface area (Å²) in [5.74, 6) is -21.6. The van der Waals surface area contributed by atoms with Gasteiger partial charge >= 0.3 is 0 Å². The Bertz CT molecular complexity index is 7050. The van der Waals surface area contributed by atoms with Crippen LogP contribution in [0.15, 0.2) is 164 Å². The maximum absolute atomic E-state index is 15.1. The van der Waals surface area contributed by atoms with Crippen LogP contribution in [0.3, 0.4) is 0 Å². The summed E-state index contributed by atoms with van der Waals surface area (Å²) in [5.41, 5.74) is 53.2. The summed E-state index contributed by atoms with van der Waals surface area (Å²) in [4.78, 5) is 104. The van der Waals surface area contributed by atoms with Gasteiger partial charge in [0.15, 0.2) is 0 Å². The molecule has 0 spiro atoms. The predicted molar refractivity (Wildman–Crippen MR) is 529 cm³/mol. The van der Waals surface area contributed by atoms with E-state index in [9.17, 15) is 86.7 Å². The number of nitrogens with two attached hydrogens (primary N) is 8. The van der Waals surface area contributed by atoms with Gasteiger partial charge in [-0.3, -0.25) is 48.2 Å². The highest BCUT2D eigenvalue weighted by Gasteiger charge is 2.52. The van der Waals surface area contributed by atoms with E-state index in [4.69, 9.17) is 50.6 Å². The average Bonchev–Trinajstić information content (AvgIpc) is 1.63.